The van der Waals surface area contributed by atoms with E-state index in [1.165, 1.54) is 0 Å². The van der Waals surface area contributed by atoms with Gasteiger partial charge in [-0.3, -0.25) is 14.8 Å². The summed E-state index contributed by atoms with van der Waals surface area (Å²) in [6.07, 6.45) is 1.74. The largest absolute Gasteiger partial charge is 0.324 e. The smallest absolute Gasteiger partial charge is 0.249 e. The van der Waals surface area contributed by atoms with Crippen LogP contribution in [0.4, 0.5) is 5.69 Å². The van der Waals surface area contributed by atoms with Gasteiger partial charge in [-0.25, -0.2) is 0 Å². The quantitative estimate of drug-likeness (QED) is 0.891. The van der Waals surface area contributed by atoms with E-state index in [2.05, 4.69) is 26.2 Å². The average Bonchev–Trinajstić information content (AvgIpc) is 2.64. The number of nitrogens with zero attached hydrogens (tertiary/aromatic N) is 2. The Morgan fingerprint density at radius 3 is 2.73 bits per heavy atom. The molecule has 1 unspecified atom stereocenters. The fraction of sp³-hybridized carbons (Fsp3) is 0.235. The normalized spacial score (nSPS) is 17.5. The summed E-state index contributed by atoms with van der Waals surface area (Å²) < 4.78 is 0.937. The van der Waals surface area contributed by atoms with Gasteiger partial charge in [0.2, 0.25) is 5.91 Å². The van der Waals surface area contributed by atoms with Gasteiger partial charge >= 0.3 is 0 Å². The molecule has 0 bridgehead atoms. The molecule has 1 aromatic carbocycles. The highest BCUT2D eigenvalue weighted by atomic mass is 79.9. The minimum atomic E-state index is -0.428. The number of fused-ring (bicyclic) bond motifs is 1. The first-order chi connectivity index (χ1) is 10.6. The highest BCUT2D eigenvalue weighted by molar-refractivity contribution is 9.10. The Morgan fingerprint density at radius 1 is 1.23 bits per heavy atom. The third-order valence-electron chi connectivity index (χ3n) is 3.57. The van der Waals surface area contributed by atoms with Gasteiger partial charge in [0.05, 0.1) is 17.1 Å². The second kappa shape index (κ2) is 6.01. The van der Waals surface area contributed by atoms with Crippen molar-refractivity contribution in [3.63, 3.8) is 0 Å². The molecule has 0 radical (unpaired) electrons. The van der Waals surface area contributed by atoms with Gasteiger partial charge in [-0.1, -0.05) is 35.8 Å². The molecule has 1 aliphatic rings. The van der Waals surface area contributed by atoms with E-state index in [0.717, 1.165) is 27.1 Å². The summed E-state index contributed by atoms with van der Waals surface area (Å²) in [6.45, 7) is 3.99. The second-order valence-electron chi connectivity index (χ2n) is 5.56. The van der Waals surface area contributed by atoms with Crippen molar-refractivity contribution in [3.05, 3.63) is 58.3 Å². The first kappa shape index (κ1) is 14.9. The topological polar surface area (TPSA) is 54.4 Å². The van der Waals surface area contributed by atoms with Crippen LogP contribution in [0.15, 0.2) is 52.1 Å². The number of carbonyl (C=O) groups is 1. The summed E-state index contributed by atoms with van der Waals surface area (Å²) in [7, 11) is 0. The molecule has 1 aliphatic heterocycles. The number of benzene rings is 1. The van der Waals surface area contributed by atoms with E-state index in [4.69, 9.17) is 4.99 Å². The summed E-state index contributed by atoms with van der Waals surface area (Å²) in [5, 5.41) is 2.98. The van der Waals surface area contributed by atoms with Crippen molar-refractivity contribution in [2.24, 2.45) is 10.9 Å². The van der Waals surface area contributed by atoms with Gasteiger partial charge in [0, 0.05) is 16.2 Å². The SMILES string of the molecule is CC(C)C1N=C(c2ccccn2)c2cc(Br)ccc2NC1=O. The number of amides is 1. The van der Waals surface area contributed by atoms with Crippen LogP contribution in [0.5, 0.6) is 0 Å². The highest BCUT2D eigenvalue weighted by Crippen LogP contribution is 2.28. The number of aliphatic imine (C=N–C) groups is 1. The molecule has 1 N–H and O–H groups in total. The van der Waals surface area contributed by atoms with E-state index >= 15 is 0 Å². The van der Waals surface area contributed by atoms with Gasteiger partial charge in [-0.15, -0.1) is 0 Å². The van der Waals surface area contributed by atoms with Crippen LogP contribution in [-0.2, 0) is 4.79 Å². The lowest BCUT2D eigenvalue weighted by molar-refractivity contribution is -0.118. The van der Waals surface area contributed by atoms with Crippen molar-refractivity contribution < 1.29 is 4.79 Å². The number of anilines is 1. The predicted molar refractivity (Wildman–Crippen MR) is 91.3 cm³/mol. The van der Waals surface area contributed by atoms with Crippen molar-refractivity contribution in [2.75, 3.05) is 5.32 Å². The number of benzodiazepines with no additional fused rings is 1. The third kappa shape index (κ3) is 2.81. The summed E-state index contributed by atoms with van der Waals surface area (Å²) in [6, 6.07) is 11.0. The summed E-state index contributed by atoms with van der Waals surface area (Å²) in [5.41, 5.74) is 3.16. The van der Waals surface area contributed by atoms with E-state index in [1.807, 2.05) is 50.2 Å². The Labute approximate surface area is 137 Å². The van der Waals surface area contributed by atoms with E-state index in [9.17, 15) is 4.79 Å². The maximum atomic E-state index is 12.4. The Bertz CT molecular complexity index is 741. The molecule has 0 spiro atoms. The molecule has 1 amide bonds. The minimum absolute atomic E-state index is 0.0792. The molecule has 1 atom stereocenters. The maximum absolute atomic E-state index is 12.4. The summed E-state index contributed by atoms with van der Waals surface area (Å²) in [4.78, 5) is 21.6. The lowest BCUT2D eigenvalue weighted by atomic mass is 10.0. The number of hydrogen-bond acceptors (Lipinski definition) is 3. The van der Waals surface area contributed by atoms with Crippen molar-refractivity contribution in [1.29, 1.82) is 0 Å². The first-order valence-corrected chi connectivity index (χ1v) is 7.95. The number of halogens is 1. The van der Waals surface area contributed by atoms with Crippen molar-refractivity contribution >= 4 is 33.2 Å². The molecular weight excluding hydrogens is 342 g/mol. The van der Waals surface area contributed by atoms with Crippen LogP contribution in [0.1, 0.15) is 25.1 Å². The molecule has 22 heavy (non-hydrogen) atoms. The van der Waals surface area contributed by atoms with E-state index in [1.54, 1.807) is 6.20 Å². The van der Waals surface area contributed by atoms with Gasteiger partial charge in [-0.05, 0) is 36.2 Å². The van der Waals surface area contributed by atoms with Crippen LogP contribution in [-0.4, -0.2) is 22.6 Å². The molecule has 3 rings (SSSR count). The molecule has 2 aromatic rings. The van der Waals surface area contributed by atoms with E-state index in [-0.39, 0.29) is 11.8 Å². The van der Waals surface area contributed by atoms with Crippen LogP contribution in [0.2, 0.25) is 0 Å². The van der Waals surface area contributed by atoms with Gasteiger partial charge in [-0.2, -0.15) is 0 Å². The second-order valence-corrected chi connectivity index (χ2v) is 6.48. The number of rotatable bonds is 2. The van der Waals surface area contributed by atoms with Gasteiger partial charge < -0.3 is 5.32 Å². The Morgan fingerprint density at radius 2 is 2.05 bits per heavy atom. The lowest BCUT2D eigenvalue weighted by Gasteiger charge is -2.14. The summed E-state index contributed by atoms with van der Waals surface area (Å²) in [5.74, 6) is 0.0287. The van der Waals surface area contributed by atoms with E-state index < -0.39 is 6.04 Å². The van der Waals surface area contributed by atoms with Crippen LogP contribution < -0.4 is 5.32 Å². The predicted octanol–water partition coefficient (Wildman–Crippen LogP) is 3.66. The van der Waals surface area contributed by atoms with Crippen LogP contribution >= 0.6 is 15.9 Å². The summed E-state index contributed by atoms with van der Waals surface area (Å²) >= 11 is 3.49. The zero-order valence-corrected chi connectivity index (χ0v) is 14.0. The van der Waals surface area contributed by atoms with Crippen molar-refractivity contribution in [3.8, 4) is 0 Å². The monoisotopic (exact) mass is 357 g/mol. The Balaban J connectivity index is 2.23. The fourth-order valence-electron chi connectivity index (χ4n) is 2.45. The van der Waals surface area contributed by atoms with E-state index in [0.29, 0.717) is 0 Å². The molecule has 0 fully saturated rings. The van der Waals surface area contributed by atoms with Crippen LogP contribution in [0, 0.1) is 5.92 Å². The number of pyridine rings is 1. The molecule has 5 heteroatoms. The van der Waals surface area contributed by atoms with Crippen LogP contribution in [0.3, 0.4) is 0 Å². The number of nitrogens with one attached hydrogen (secondary N) is 1. The zero-order valence-electron chi connectivity index (χ0n) is 12.4. The molecule has 112 valence electrons. The molecule has 0 saturated carbocycles. The molecule has 1 aromatic heterocycles. The average molecular weight is 358 g/mol. The van der Waals surface area contributed by atoms with Crippen molar-refractivity contribution in [2.45, 2.75) is 19.9 Å². The standard InChI is InChI=1S/C17H16BrN3O/c1-10(2)15-17(22)20-13-7-6-11(18)9-12(13)16(21-15)14-5-3-4-8-19-14/h3-10,15H,1-2H3,(H,20,22). The zero-order chi connectivity index (χ0) is 15.7. The maximum Gasteiger partial charge on any atom is 0.249 e. The van der Waals surface area contributed by atoms with Gasteiger partial charge in [0.15, 0.2) is 0 Å². The van der Waals surface area contributed by atoms with Gasteiger partial charge in [0.25, 0.3) is 0 Å². The molecule has 0 saturated heterocycles. The third-order valence-corrected chi connectivity index (χ3v) is 4.06. The Hall–Kier alpha value is -2.01. The molecule has 0 aliphatic carbocycles. The number of aromatic nitrogens is 1. The number of hydrogen-bond donors (Lipinski definition) is 1. The number of carbonyl (C=O) groups excluding carboxylic acids is 1. The van der Waals surface area contributed by atoms with Crippen LogP contribution in [0.25, 0.3) is 0 Å². The highest BCUT2D eigenvalue weighted by Gasteiger charge is 2.28. The molecule has 4 nitrogen and oxygen atoms in total. The van der Waals surface area contributed by atoms with Gasteiger partial charge in [0.1, 0.15) is 6.04 Å². The van der Waals surface area contributed by atoms with Crippen molar-refractivity contribution in [1.82, 2.24) is 4.98 Å². The minimum Gasteiger partial charge on any atom is -0.324 e. The fourth-order valence-corrected chi connectivity index (χ4v) is 2.82. The molecule has 2 heterocycles. The Kier molecular flexibility index (Phi) is 4.07. The lowest BCUT2D eigenvalue weighted by Crippen LogP contribution is -2.30. The first-order valence-electron chi connectivity index (χ1n) is 7.16. The molecular formula is C17H16BrN3O.